The third-order valence-corrected chi connectivity index (χ3v) is 6.15. The number of aryl methyl sites for hydroxylation is 1. The summed E-state index contributed by atoms with van der Waals surface area (Å²) in [4.78, 5) is 19.0. The van der Waals surface area contributed by atoms with E-state index in [-0.39, 0.29) is 11.9 Å². The van der Waals surface area contributed by atoms with Crippen LogP contribution in [0.2, 0.25) is 0 Å². The molecule has 33 heavy (non-hydrogen) atoms. The molecule has 1 atom stereocenters. The molecule has 0 spiro atoms. The third-order valence-electron chi connectivity index (χ3n) is 6.15. The van der Waals surface area contributed by atoms with Crippen LogP contribution < -0.4 is 4.90 Å². The standard InChI is InChI=1S/C24H33N7O2/c1-18(2)11-12-31-23(25-26-27-31)22(19-7-9-20(10-8-19)28(3)4)29-13-15-30(16-14-29)24(32)21-6-5-17-33-21/h5-10,17-18,22H,11-16H2,1-4H3/t22-/m1/s1. The predicted molar refractivity (Wildman–Crippen MR) is 126 cm³/mol. The molecule has 0 bridgehead atoms. The van der Waals surface area contributed by atoms with Gasteiger partial charge in [0.15, 0.2) is 11.6 Å². The molecule has 1 aromatic carbocycles. The van der Waals surface area contributed by atoms with Crippen LogP contribution in [0.4, 0.5) is 5.69 Å². The van der Waals surface area contributed by atoms with Gasteiger partial charge in [-0.2, -0.15) is 0 Å². The summed E-state index contributed by atoms with van der Waals surface area (Å²) in [6.07, 6.45) is 2.55. The molecule has 1 aliphatic rings. The number of piperazine rings is 1. The Labute approximate surface area is 195 Å². The van der Waals surface area contributed by atoms with Crippen molar-refractivity contribution >= 4 is 11.6 Å². The Morgan fingerprint density at radius 1 is 1.09 bits per heavy atom. The largest absolute Gasteiger partial charge is 0.459 e. The van der Waals surface area contributed by atoms with Gasteiger partial charge in [-0.15, -0.1) is 5.10 Å². The van der Waals surface area contributed by atoms with Gasteiger partial charge in [0.25, 0.3) is 5.91 Å². The molecule has 3 heterocycles. The number of benzene rings is 1. The zero-order valence-corrected chi connectivity index (χ0v) is 19.9. The second kappa shape index (κ2) is 10.2. The Morgan fingerprint density at radius 2 is 1.82 bits per heavy atom. The van der Waals surface area contributed by atoms with Crippen molar-refractivity contribution in [1.29, 1.82) is 0 Å². The normalized spacial score (nSPS) is 15.7. The van der Waals surface area contributed by atoms with Crippen LogP contribution in [0.3, 0.4) is 0 Å². The molecule has 2 aromatic heterocycles. The van der Waals surface area contributed by atoms with Crippen molar-refractivity contribution < 1.29 is 9.21 Å². The minimum atomic E-state index is -0.0794. The number of furan rings is 1. The number of hydrogen-bond acceptors (Lipinski definition) is 7. The summed E-state index contributed by atoms with van der Waals surface area (Å²) < 4.78 is 7.24. The number of rotatable bonds is 8. The van der Waals surface area contributed by atoms with E-state index in [2.05, 4.69) is 63.4 Å². The van der Waals surface area contributed by atoms with Crippen molar-refractivity contribution in [1.82, 2.24) is 30.0 Å². The lowest BCUT2D eigenvalue weighted by Gasteiger charge is -2.38. The SMILES string of the molecule is CC(C)CCn1nnnc1[C@@H](c1ccc(N(C)C)cc1)N1CCN(C(=O)c2ccco2)CC1. The molecular formula is C24H33N7O2. The first-order valence-corrected chi connectivity index (χ1v) is 11.5. The summed E-state index contributed by atoms with van der Waals surface area (Å²) in [5.41, 5.74) is 2.29. The highest BCUT2D eigenvalue weighted by atomic mass is 16.3. The van der Waals surface area contributed by atoms with E-state index in [4.69, 9.17) is 4.42 Å². The molecule has 0 aliphatic carbocycles. The van der Waals surface area contributed by atoms with Gasteiger partial charge in [0.05, 0.1) is 12.3 Å². The maximum absolute atomic E-state index is 12.7. The van der Waals surface area contributed by atoms with E-state index >= 15 is 0 Å². The summed E-state index contributed by atoms with van der Waals surface area (Å²) in [7, 11) is 4.07. The van der Waals surface area contributed by atoms with Gasteiger partial charge in [0.2, 0.25) is 0 Å². The first-order valence-electron chi connectivity index (χ1n) is 11.5. The van der Waals surface area contributed by atoms with Crippen molar-refractivity contribution in [3.05, 3.63) is 59.8 Å². The monoisotopic (exact) mass is 451 g/mol. The molecule has 4 rings (SSSR count). The van der Waals surface area contributed by atoms with Crippen molar-refractivity contribution in [3.8, 4) is 0 Å². The van der Waals surface area contributed by atoms with Crippen molar-refractivity contribution in [2.24, 2.45) is 5.92 Å². The Hall–Kier alpha value is -3.20. The molecule has 0 saturated carbocycles. The van der Waals surface area contributed by atoms with E-state index in [1.165, 1.54) is 6.26 Å². The highest BCUT2D eigenvalue weighted by Gasteiger charge is 2.32. The number of amides is 1. The van der Waals surface area contributed by atoms with Crippen molar-refractivity contribution in [2.75, 3.05) is 45.2 Å². The van der Waals surface area contributed by atoms with Gasteiger partial charge in [0, 0.05) is 52.5 Å². The van der Waals surface area contributed by atoms with E-state index in [0.717, 1.165) is 43.1 Å². The van der Waals surface area contributed by atoms with Gasteiger partial charge in [0.1, 0.15) is 0 Å². The summed E-state index contributed by atoms with van der Waals surface area (Å²) in [6, 6.07) is 11.9. The average Bonchev–Trinajstić information content (AvgIpc) is 3.51. The lowest BCUT2D eigenvalue weighted by atomic mass is 10.0. The number of anilines is 1. The smallest absolute Gasteiger partial charge is 0.289 e. The van der Waals surface area contributed by atoms with Gasteiger partial charge in [-0.05, 0) is 52.6 Å². The van der Waals surface area contributed by atoms with Crippen LogP contribution in [-0.4, -0.2) is 76.2 Å². The summed E-state index contributed by atoms with van der Waals surface area (Å²) in [5, 5.41) is 12.8. The van der Waals surface area contributed by atoms with Crippen LogP contribution in [0.1, 0.15) is 48.3 Å². The molecule has 1 saturated heterocycles. The molecule has 0 unspecified atom stereocenters. The van der Waals surface area contributed by atoms with Crippen molar-refractivity contribution in [3.63, 3.8) is 0 Å². The van der Waals surface area contributed by atoms with Gasteiger partial charge in [-0.25, -0.2) is 4.68 Å². The van der Waals surface area contributed by atoms with E-state index in [1.54, 1.807) is 12.1 Å². The fourth-order valence-electron chi connectivity index (χ4n) is 4.16. The van der Waals surface area contributed by atoms with Gasteiger partial charge >= 0.3 is 0 Å². The third kappa shape index (κ3) is 5.24. The number of carbonyl (C=O) groups is 1. The maximum atomic E-state index is 12.7. The maximum Gasteiger partial charge on any atom is 0.289 e. The Balaban J connectivity index is 1.57. The van der Waals surface area contributed by atoms with Crippen molar-refractivity contribution in [2.45, 2.75) is 32.9 Å². The van der Waals surface area contributed by atoms with Gasteiger partial charge < -0.3 is 14.2 Å². The summed E-state index contributed by atoms with van der Waals surface area (Å²) >= 11 is 0. The lowest BCUT2D eigenvalue weighted by molar-refractivity contribution is 0.0559. The molecule has 9 heteroatoms. The minimum absolute atomic E-state index is 0.0618. The second-order valence-electron chi connectivity index (χ2n) is 9.14. The molecule has 0 N–H and O–H groups in total. The predicted octanol–water partition coefficient (Wildman–Crippen LogP) is 2.93. The number of tetrazole rings is 1. The fraction of sp³-hybridized carbons (Fsp3) is 0.500. The minimum Gasteiger partial charge on any atom is -0.459 e. The van der Waals surface area contributed by atoms with Crippen LogP contribution in [0.5, 0.6) is 0 Å². The molecular weight excluding hydrogens is 418 g/mol. The lowest BCUT2D eigenvalue weighted by Crippen LogP contribution is -2.50. The Morgan fingerprint density at radius 3 is 2.42 bits per heavy atom. The molecule has 0 radical (unpaired) electrons. The zero-order chi connectivity index (χ0) is 23.4. The second-order valence-corrected chi connectivity index (χ2v) is 9.14. The first-order chi connectivity index (χ1) is 15.9. The van der Waals surface area contributed by atoms with Crippen LogP contribution in [0.15, 0.2) is 47.1 Å². The van der Waals surface area contributed by atoms with E-state index in [0.29, 0.717) is 24.8 Å². The van der Waals surface area contributed by atoms with Crippen LogP contribution in [0, 0.1) is 5.92 Å². The number of carbonyl (C=O) groups excluding carboxylic acids is 1. The fourth-order valence-corrected chi connectivity index (χ4v) is 4.16. The number of aromatic nitrogens is 4. The molecule has 176 valence electrons. The molecule has 1 amide bonds. The first kappa shape index (κ1) is 23.0. The van der Waals surface area contributed by atoms with Gasteiger partial charge in [-0.3, -0.25) is 9.69 Å². The average molecular weight is 452 g/mol. The Kier molecular flexibility index (Phi) is 7.08. The molecule has 1 fully saturated rings. The number of nitrogens with zero attached hydrogens (tertiary/aromatic N) is 7. The molecule has 9 nitrogen and oxygen atoms in total. The van der Waals surface area contributed by atoms with E-state index < -0.39 is 0 Å². The van der Waals surface area contributed by atoms with Gasteiger partial charge in [-0.1, -0.05) is 26.0 Å². The topological polar surface area (TPSA) is 83.5 Å². The quantitative estimate of drug-likeness (QED) is 0.521. The zero-order valence-electron chi connectivity index (χ0n) is 19.9. The molecule has 1 aliphatic heterocycles. The van der Waals surface area contributed by atoms with Crippen LogP contribution >= 0.6 is 0 Å². The van der Waals surface area contributed by atoms with Crippen LogP contribution in [-0.2, 0) is 6.54 Å². The highest BCUT2D eigenvalue weighted by Crippen LogP contribution is 2.30. The Bertz CT molecular complexity index is 1020. The van der Waals surface area contributed by atoms with E-state index in [1.807, 2.05) is 23.7 Å². The summed E-state index contributed by atoms with van der Waals surface area (Å²) in [5.74, 6) is 1.74. The van der Waals surface area contributed by atoms with E-state index in [9.17, 15) is 4.79 Å². The number of hydrogen-bond donors (Lipinski definition) is 0. The molecule has 3 aromatic rings. The van der Waals surface area contributed by atoms with Crippen LogP contribution in [0.25, 0.3) is 0 Å². The summed E-state index contributed by atoms with van der Waals surface area (Å²) in [6.45, 7) is 7.89. The highest BCUT2D eigenvalue weighted by molar-refractivity contribution is 5.91.